The second kappa shape index (κ2) is 5.06. The van der Waals surface area contributed by atoms with E-state index in [1.165, 1.54) is 16.4 Å². The minimum Gasteiger partial charge on any atom is -0.396 e. The molecular formula is C12H14N2O3S. The average Bonchev–Trinajstić information content (AvgIpc) is 2.88. The predicted molar refractivity (Wildman–Crippen MR) is 65.1 cm³/mol. The van der Waals surface area contributed by atoms with Gasteiger partial charge in [-0.15, -0.1) is 0 Å². The van der Waals surface area contributed by atoms with Crippen LogP contribution in [0.1, 0.15) is 12.0 Å². The Hall–Kier alpha value is -1.42. The molecule has 1 aromatic rings. The summed E-state index contributed by atoms with van der Waals surface area (Å²) in [4.78, 5) is 0.0473. The zero-order valence-electron chi connectivity index (χ0n) is 9.78. The van der Waals surface area contributed by atoms with E-state index in [0.29, 0.717) is 19.5 Å². The topological polar surface area (TPSA) is 81.4 Å². The molecular weight excluding hydrogens is 252 g/mol. The van der Waals surface area contributed by atoms with E-state index >= 15 is 0 Å². The molecule has 1 unspecified atom stereocenters. The first-order valence-corrected chi connectivity index (χ1v) is 7.13. The van der Waals surface area contributed by atoms with E-state index in [-0.39, 0.29) is 23.0 Å². The smallest absolute Gasteiger partial charge is 0.244 e. The van der Waals surface area contributed by atoms with Gasteiger partial charge in [0, 0.05) is 19.7 Å². The van der Waals surface area contributed by atoms with E-state index < -0.39 is 10.0 Å². The molecule has 1 saturated heterocycles. The summed E-state index contributed by atoms with van der Waals surface area (Å²) in [5, 5.41) is 18.0. The maximum absolute atomic E-state index is 12.4. The van der Waals surface area contributed by atoms with Crippen LogP contribution in [-0.4, -0.2) is 37.5 Å². The standard InChI is InChI=1S/C12H14N2O3S/c13-7-11-3-1-2-4-12(11)18(16,17)14-6-5-10(8-14)9-15/h1-4,10,15H,5-6,8-9H2. The van der Waals surface area contributed by atoms with Crippen molar-refractivity contribution in [1.82, 2.24) is 4.31 Å². The molecule has 0 radical (unpaired) electrons. The molecule has 1 fully saturated rings. The summed E-state index contributed by atoms with van der Waals surface area (Å²) < 4.78 is 26.1. The molecule has 1 aliphatic heterocycles. The van der Waals surface area contributed by atoms with Crippen molar-refractivity contribution in [3.63, 3.8) is 0 Å². The Kier molecular flexibility index (Phi) is 3.66. The summed E-state index contributed by atoms with van der Waals surface area (Å²) in [6.45, 7) is 0.706. The van der Waals surface area contributed by atoms with Crippen LogP contribution in [0.5, 0.6) is 0 Å². The van der Waals surface area contributed by atoms with Crippen LogP contribution in [0.4, 0.5) is 0 Å². The second-order valence-corrected chi connectivity index (χ2v) is 6.21. The Morgan fingerprint density at radius 1 is 1.44 bits per heavy atom. The number of aliphatic hydroxyl groups excluding tert-OH is 1. The highest BCUT2D eigenvalue weighted by Crippen LogP contribution is 2.25. The van der Waals surface area contributed by atoms with E-state index in [1.807, 2.05) is 6.07 Å². The molecule has 96 valence electrons. The van der Waals surface area contributed by atoms with Gasteiger partial charge in [0.15, 0.2) is 0 Å². The van der Waals surface area contributed by atoms with Crippen LogP contribution in [0, 0.1) is 17.2 Å². The number of rotatable bonds is 3. The molecule has 1 aromatic carbocycles. The summed E-state index contributed by atoms with van der Waals surface area (Å²) in [5.74, 6) is -0.00553. The summed E-state index contributed by atoms with van der Waals surface area (Å²) in [6.07, 6.45) is 0.657. The number of nitriles is 1. The number of sulfonamides is 1. The van der Waals surface area contributed by atoms with Gasteiger partial charge in [-0.3, -0.25) is 0 Å². The number of benzene rings is 1. The maximum Gasteiger partial charge on any atom is 0.244 e. The normalized spacial score (nSPS) is 20.8. The van der Waals surface area contributed by atoms with E-state index in [4.69, 9.17) is 10.4 Å². The van der Waals surface area contributed by atoms with Crippen LogP contribution in [0.15, 0.2) is 29.2 Å². The predicted octanol–water partition coefficient (Wildman–Crippen LogP) is 0.561. The minimum absolute atomic E-state index is 0.00553. The maximum atomic E-state index is 12.4. The van der Waals surface area contributed by atoms with Gasteiger partial charge in [0.25, 0.3) is 0 Å². The minimum atomic E-state index is -3.62. The summed E-state index contributed by atoms with van der Waals surface area (Å²) in [7, 11) is -3.62. The van der Waals surface area contributed by atoms with Gasteiger partial charge in [-0.1, -0.05) is 12.1 Å². The third-order valence-electron chi connectivity index (χ3n) is 3.13. The van der Waals surface area contributed by atoms with Gasteiger partial charge in [-0.25, -0.2) is 8.42 Å². The van der Waals surface area contributed by atoms with Crippen LogP contribution in [0.25, 0.3) is 0 Å². The Morgan fingerprint density at radius 2 is 2.17 bits per heavy atom. The average molecular weight is 266 g/mol. The first-order chi connectivity index (χ1) is 8.59. The fourth-order valence-corrected chi connectivity index (χ4v) is 3.76. The first-order valence-electron chi connectivity index (χ1n) is 5.69. The molecule has 0 aromatic heterocycles. The lowest BCUT2D eigenvalue weighted by Crippen LogP contribution is -2.29. The monoisotopic (exact) mass is 266 g/mol. The highest BCUT2D eigenvalue weighted by molar-refractivity contribution is 7.89. The molecule has 0 aliphatic carbocycles. The Balaban J connectivity index is 2.35. The van der Waals surface area contributed by atoms with E-state index in [0.717, 1.165) is 0 Å². The SMILES string of the molecule is N#Cc1ccccc1S(=O)(=O)N1CCC(CO)C1. The van der Waals surface area contributed by atoms with E-state index in [2.05, 4.69) is 0 Å². The van der Waals surface area contributed by atoms with Crippen LogP contribution in [-0.2, 0) is 10.0 Å². The van der Waals surface area contributed by atoms with Gasteiger partial charge in [0.05, 0.1) is 10.5 Å². The lowest BCUT2D eigenvalue weighted by Gasteiger charge is -2.16. The van der Waals surface area contributed by atoms with Crippen molar-refractivity contribution in [2.75, 3.05) is 19.7 Å². The molecule has 1 heterocycles. The van der Waals surface area contributed by atoms with Crippen LogP contribution in [0.3, 0.4) is 0 Å². The van der Waals surface area contributed by atoms with Crippen molar-refractivity contribution in [1.29, 1.82) is 5.26 Å². The summed E-state index contributed by atoms with van der Waals surface area (Å²) in [5.41, 5.74) is 0.157. The molecule has 0 amide bonds. The first kappa shape index (κ1) is 13.0. The lowest BCUT2D eigenvalue weighted by atomic mass is 10.1. The molecule has 18 heavy (non-hydrogen) atoms. The number of aliphatic hydroxyl groups is 1. The van der Waals surface area contributed by atoms with Gasteiger partial charge in [0.1, 0.15) is 6.07 Å². The van der Waals surface area contributed by atoms with Crippen molar-refractivity contribution in [2.45, 2.75) is 11.3 Å². The third kappa shape index (κ3) is 2.25. The molecule has 0 bridgehead atoms. The highest BCUT2D eigenvalue weighted by atomic mass is 32.2. The molecule has 1 aliphatic rings. The Bertz CT molecular complexity index is 577. The van der Waals surface area contributed by atoms with Crippen molar-refractivity contribution < 1.29 is 13.5 Å². The van der Waals surface area contributed by atoms with Gasteiger partial charge < -0.3 is 5.11 Å². The fraction of sp³-hybridized carbons (Fsp3) is 0.417. The third-order valence-corrected chi connectivity index (χ3v) is 5.06. The number of hydrogen-bond acceptors (Lipinski definition) is 4. The van der Waals surface area contributed by atoms with Gasteiger partial charge in [-0.05, 0) is 24.5 Å². The highest BCUT2D eigenvalue weighted by Gasteiger charge is 2.33. The van der Waals surface area contributed by atoms with Crippen molar-refractivity contribution in [3.05, 3.63) is 29.8 Å². The zero-order chi connectivity index (χ0) is 13.2. The quantitative estimate of drug-likeness (QED) is 0.866. The van der Waals surface area contributed by atoms with E-state index in [1.54, 1.807) is 12.1 Å². The molecule has 5 nitrogen and oxygen atoms in total. The molecule has 0 spiro atoms. The number of nitrogens with zero attached hydrogens (tertiary/aromatic N) is 2. The van der Waals surface area contributed by atoms with Crippen LogP contribution in [0.2, 0.25) is 0 Å². The van der Waals surface area contributed by atoms with Gasteiger partial charge in [-0.2, -0.15) is 9.57 Å². The summed E-state index contributed by atoms with van der Waals surface area (Å²) >= 11 is 0. The van der Waals surface area contributed by atoms with Crippen molar-refractivity contribution in [2.24, 2.45) is 5.92 Å². The zero-order valence-corrected chi connectivity index (χ0v) is 10.6. The Labute approximate surface area is 106 Å². The fourth-order valence-electron chi connectivity index (χ4n) is 2.09. The molecule has 0 saturated carbocycles. The molecule has 2 rings (SSSR count). The summed E-state index contributed by atoms with van der Waals surface area (Å²) in [6, 6.07) is 8.07. The van der Waals surface area contributed by atoms with Crippen LogP contribution < -0.4 is 0 Å². The lowest BCUT2D eigenvalue weighted by molar-refractivity contribution is 0.233. The second-order valence-electron chi connectivity index (χ2n) is 4.31. The molecule has 6 heteroatoms. The largest absolute Gasteiger partial charge is 0.396 e. The van der Waals surface area contributed by atoms with E-state index in [9.17, 15) is 8.42 Å². The van der Waals surface area contributed by atoms with Crippen molar-refractivity contribution in [3.8, 4) is 6.07 Å². The molecule has 1 N–H and O–H groups in total. The van der Waals surface area contributed by atoms with Crippen molar-refractivity contribution >= 4 is 10.0 Å². The Morgan fingerprint density at radius 3 is 2.78 bits per heavy atom. The van der Waals surface area contributed by atoms with Gasteiger partial charge in [0.2, 0.25) is 10.0 Å². The van der Waals surface area contributed by atoms with Gasteiger partial charge >= 0.3 is 0 Å². The number of hydrogen-bond donors (Lipinski definition) is 1. The molecule has 1 atom stereocenters. The van der Waals surface area contributed by atoms with Crippen LogP contribution >= 0.6 is 0 Å².